The highest BCUT2D eigenvalue weighted by Crippen LogP contribution is 2.41. The summed E-state index contributed by atoms with van der Waals surface area (Å²) in [6, 6.07) is 0. The molecule has 0 saturated heterocycles. The number of rotatable bonds is 1. The van der Waals surface area contributed by atoms with Crippen molar-refractivity contribution in [1.82, 2.24) is 15.0 Å². The van der Waals surface area contributed by atoms with Crippen LogP contribution in [0.1, 0.15) is 23.9 Å². The summed E-state index contributed by atoms with van der Waals surface area (Å²) < 4.78 is 1.78. The topological polar surface area (TPSA) is 47.9 Å². The lowest BCUT2D eigenvalue weighted by atomic mass is 10.0. The Kier molecular flexibility index (Phi) is 5.09. The second-order valence-corrected chi connectivity index (χ2v) is 9.39. The number of ether oxygens (including phenoxy) is 1. The molecule has 0 fully saturated rings. The van der Waals surface area contributed by atoms with Crippen molar-refractivity contribution in [2.24, 2.45) is 0 Å². The molecule has 0 unspecified atom stereocenters. The number of hydrogen-bond donors (Lipinski definition) is 0. The van der Waals surface area contributed by atoms with Crippen LogP contribution in [0.25, 0.3) is 5.57 Å². The highest BCUT2D eigenvalue weighted by molar-refractivity contribution is 6.67. The molecule has 1 aliphatic heterocycles. The number of alkyl halides is 6. The average Bonchev–Trinajstić information content (AvgIpc) is 2.52. The largest absolute Gasteiger partial charge is 0.464 e. The van der Waals surface area contributed by atoms with Gasteiger partial charge in [0, 0.05) is 0 Å². The highest BCUT2D eigenvalue weighted by Gasteiger charge is 2.34. The van der Waals surface area contributed by atoms with Crippen molar-refractivity contribution in [3.05, 3.63) is 59.4 Å². The van der Waals surface area contributed by atoms with Gasteiger partial charge in [0.05, 0.1) is 5.57 Å². The molecule has 10 heteroatoms. The van der Waals surface area contributed by atoms with Gasteiger partial charge in [0.15, 0.2) is 17.5 Å². The van der Waals surface area contributed by atoms with Crippen molar-refractivity contribution in [2.45, 2.75) is 14.0 Å². The van der Waals surface area contributed by atoms with Gasteiger partial charge < -0.3 is 4.74 Å². The Morgan fingerprint density at radius 3 is 2.12 bits per heavy atom. The maximum atomic E-state index is 5.87. The molecule has 0 spiro atoms. The second kappa shape index (κ2) is 6.67. The van der Waals surface area contributed by atoms with Gasteiger partial charge >= 0.3 is 0 Å². The summed E-state index contributed by atoms with van der Waals surface area (Å²) in [5.41, 5.74) is 1.51. The molecule has 1 aromatic rings. The minimum absolute atomic E-state index is 0.150. The normalized spacial score (nSPS) is 17.5. The third-order valence-corrected chi connectivity index (χ3v) is 4.10. The number of allylic oxidation sites excluding steroid dienone is 6. The maximum Gasteiger partial charge on any atom is 0.250 e. The van der Waals surface area contributed by atoms with E-state index in [1.54, 1.807) is 0 Å². The van der Waals surface area contributed by atoms with E-state index in [0.29, 0.717) is 12.0 Å². The van der Waals surface area contributed by atoms with Crippen LogP contribution < -0.4 is 0 Å². The van der Waals surface area contributed by atoms with Gasteiger partial charge in [-0.25, -0.2) is 15.0 Å². The van der Waals surface area contributed by atoms with Crippen molar-refractivity contribution in [3.63, 3.8) is 0 Å². The molecule has 0 bridgehead atoms. The SMILES string of the molecule is ClC(Cl)(Cl)c1nc(C2=COC3=CC=CCC3=C2)nc(C(Cl)(Cl)Cl)n1. The molecule has 24 heavy (non-hydrogen) atoms. The molecule has 0 radical (unpaired) electrons. The van der Waals surface area contributed by atoms with E-state index in [-0.39, 0.29) is 17.5 Å². The minimum Gasteiger partial charge on any atom is -0.464 e. The Labute approximate surface area is 167 Å². The molecular formula is C14H7Cl6N3O. The van der Waals surface area contributed by atoms with E-state index in [0.717, 1.165) is 11.3 Å². The first kappa shape index (κ1) is 18.3. The van der Waals surface area contributed by atoms with Crippen LogP contribution >= 0.6 is 69.6 Å². The summed E-state index contributed by atoms with van der Waals surface area (Å²) in [7, 11) is 0. The van der Waals surface area contributed by atoms with Crippen LogP contribution in [0.5, 0.6) is 0 Å². The summed E-state index contributed by atoms with van der Waals surface area (Å²) in [6.07, 6.45) is 9.82. The predicted octanol–water partition coefficient (Wildman–Crippen LogP) is 5.67. The minimum atomic E-state index is -1.90. The molecule has 126 valence electrons. The monoisotopic (exact) mass is 443 g/mol. The Morgan fingerprint density at radius 1 is 0.917 bits per heavy atom. The zero-order valence-corrected chi connectivity index (χ0v) is 16.1. The Morgan fingerprint density at radius 2 is 1.54 bits per heavy atom. The van der Waals surface area contributed by atoms with Crippen molar-refractivity contribution in [3.8, 4) is 0 Å². The molecule has 0 aromatic carbocycles. The van der Waals surface area contributed by atoms with E-state index in [1.165, 1.54) is 6.26 Å². The van der Waals surface area contributed by atoms with E-state index in [4.69, 9.17) is 74.3 Å². The molecule has 0 saturated carbocycles. The smallest absolute Gasteiger partial charge is 0.250 e. The number of fused-ring (bicyclic) bond motifs is 1. The van der Waals surface area contributed by atoms with Gasteiger partial charge in [0.2, 0.25) is 7.59 Å². The van der Waals surface area contributed by atoms with Crippen LogP contribution in [0, 0.1) is 0 Å². The van der Waals surface area contributed by atoms with Crippen molar-refractivity contribution >= 4 is 75.2 Å². The fourth-order valence-corrected chi connectivity index (χ4v) is 2.53. The standard InChI is InChI=1S/C14H7Cl6N3O/c15-13(16,17)11-21-10(22-12(23-11)14(18,19)20)8-5-7-3-1-2-4-9(7)24-6-8/h1-2,4-6H,3H2. The summed E-state index contributed by atoms with van der Waals surface area (Å²) in [6.45, 7) is 0. The van der Waals surface area contributed by atoms with Crippen LogP contribution in [-0.2, 0) is 12.3 Å². The molecule has 4 nitrogen and oxygen atoms in total. The molecule has 3 rings (SSSR count). The molecule has 1 aromatic heterocycles. The van der Waals surface area contributed by atoms with E-state index in [1.807, 2.05) is 24.3 Å². The molecular weight excluding hydrogens is 439 g/mol. The van der Waals surface area contributed by atoms with Gasteiger partial charge in [0.25, 0.3) is 0 Å². The van der Waals surface area contributed by atoms with Crippen molar-refractivity contribution in [2.75, 3.05) is 0 Å². The van der Waals surface area contributed by atoms with E-state index >= 15 is 0 Å². The maximum absolute atomic E-state index is 5.87. The first-order valence-electron chi connectivity index (χ1n) is 6.50. The number of hydrogen-bond acceptors (Lipinski definition) is 4. The lowest BCUT2D eigenvalue weighted by Gasteiger charge is -2.20. The summed E-state index contributed by atoms with van der Waals surface area (Å²) in [4.78, 5) is 12.2. The lowest BCUT2D eigenvalue weighted by Crippen LogP contribution is -2.18. The lowest BCUT2D eigenvalue weighted by molar-refractivity contribution is 0.356. The van der Waals surface area contributed by atoms with Gasteiger partial charge in [-0.15, -0.1) is 0 Å². The third-order valence-electron chi connectivity index (χ3n) is 3.08. The number of halogens is 6. The molecule has 1 aliphatic carbocycles. The Bertz CT molecular complexity index is 769. The summed E-state index contributed by atoms with van der Waals surface area (Å²) in [5, 5.41) is 0. The average molecular weight is 446 g/mol. The Balaban J connectivity index is 2.08. The second-order valence-electron chi connectivity index (χ2n) is 4.83. The first-order valence-corrected chi connectivity index (χ1v) is 8.77. The molecule has 2 aliphatic rings. The Hall–Kier alpha value is -0.490. The van der Waals surface area contributed by atoms with Gasteiger partial charge in [-0.2, -0.15) is 0 Å². The van der Waals surface area contributed by atoms with Gasteiger partial charge in [-0.05, 0) is 24.1 Å². The fraction of sp³-hybridized carbons (Fsp3) is 0.214. The van der Waals surface area contributed by atoms with Crippen molar-refractivity contribution in [1.29, 1.82) is 0 Å². The molecule has 0 atom stereocenters. The van der Waals surface area contributed by atoms with Crippen LogP contribution in [0.3, 0.4) is 0 Å². The number of aromatic nitrogens is 3. The van der Waals surface area contributed by atoms with E-state index < -0.39 is 7.59 Å². The quantitative estimate of drug-likeness (QED) is 0.523. The summed E-state index contributed by atoms with van der Waals surface area (Å²) >= 11 is 35.2. The van der Waals surface area contributed by atoms with Gasteiger partial charge in [-0.1, -0.05) is 81.8 Å². The number of nitrogens with zero attached hydrogens (tertiary/aromatic N) is 3. The van der Waals surface area contributed by atoms with Gasteiger partial charge in [-0.3, -0.25) is 0 Å². The summed E-state index contributed by atoms with van der Waals surface area (Å²) in [5.74, 6) is 0.623. The zero-order valence-electron chi connectivity index (χ0n) is 11.6. The fourth-order valence-electron chi connectivity index (χ4n) is 2.03. The van der Waals surface area contributed by atoms with E-state index in [2.05, 4.69) is 15.0 Å². The molecule has 2 heterocycles. The predicted molar refractivity (Wildman–Crippen MR) is 97.3 cm³/mol. The van der Waals surface area contributed by atoms with Crippen LogP contribution in [0.4, 0.5) is 0 Å². The van der Waals surface area contributed by atoms with Crippen LogP contribution in [-0.4, -0.2) is 15.0 Å². The first-order chi connectivity index (χ1) is 11.1. The molecule has 0 N–H and O–H groups in total. The van der Waals surface area contributed by atoms with Gasteiger partial charge in [0.1, 0.15) is 12.0 Å². The van der Waals surface area contributed by atoms with E-state index in [9.17, 15) is 0 Å². The van der Waals surface area contributed by atoms with Crippen molar-refractivity contribution < 1.29 is 4.74 Å². The van der Waals surface area contributed by atoms with Crippen LogP contribution in [0.15, 0.2) is 41.9 Å². The third kappa shape index (κ3) is 4.01. The van der Waals surface area contributed by atoms with Crippen LogP contribution in [0.2, 0.25) is 0 Å². The molecule has 0 amide bonds. The highest BCUT2D eigenvalue weighted by atomic mass is 35.6. The zero-order chi connectivity index (χ0) is 17.5.